The number of hydrogen-bond acceptors (Lipinski definition) is 3. The van der Waals surface area contributed by atoms with Crippen LogP contribution in [0.25, 0.3) is 0 Å². The van der Waals surface area contributed by atoms with Crippen molar-refractivity contribution in [1.82, 2.24) is 0 Å². The Morgan fingerprint density at radius 3 is 2.08 bits per heavy atom. The molecule has 0 amide bonds. The molecule has 0 bridgehead atoms. The summed E-state index contributed by atoms with van der Waals surface area (Å²) < 4.78 is 11.4. The van der Waals surface area contributed by atoms with E-state index in [0.29, 0.717) is 0 Å². The fourth-order valence-electron chi connectivity index (χ4n) is 1.72. The lowest BCUT2D eigenvalue weighted by atomic mass is 10.1. The summed E-state index contributed by atoms with van der Waals surface area (Å²) in [6, 6.07) is 0. The van der Waals surface area contributed by atoms with E-state index in [-0.39, 0.29) is 11.0 Å². The van der Waals surface area contributed by atoms with Crippen molar-refractivity contribution in [3.8, 4) is 0 Å². The van der Waals surface area contributed by atoms with Gasteiger partial charge in [-0.15, -0.1) is 0 Å². The molecule has 0 spiro atoms. The second kappa shape index (κ2) is 9.57. The van der Waals surface area contributed by atoms with Gasteiger partial charge in [0, 0.05) is 12.7 Å². The third-order valence-corrected chi connectivity index (χ3v) is 8.76. The third kappa shape index (κ3) is 10.8. The summed E-state index contributed by atoms with van der Waals surface area (Å²) in [5.74, 6) is -0.293. The normalized spacial score (nSPS) is 14.3. The lowest BCUT2D eigenvalue weighted by Gasteiger charge is -2.36. The molecule has 0 aromatic rings. The molecular formula is C20H38O3Si. The van der Waals surface area contributed by atoms with E-state index in [1.165, 1.54) is 6.08 Å². The first-order valence-corrected chi connectivity index (χ1v) is 11.9. The molecule has 3 nitrogen and oxygen atoms in total. The summed E-state index contributed by atoms with van der Waals surface area (Å²) in [4.78, 5) is 11.6. The number of carbonyl (C=O) groups is 1. The van der Waals surface area contributed by atoms with Gasteiger partial charge in [0.05, 0.1) is 0 Å². The zero-order valence-electron chi connectivity index (χ0n) is 17.3. The minimum Gasteiger partial charge on any atom is -0.457 e. The fraction of sp³-hybridized carbons (Fsp3) is 0.750. The van der Waals surface area contributed by atoms with Crippen LogP contribution in [0.1, 0.15) is 67.7 Å². The van der Waals surface area contributed by atoms with Crippen LogP contribution in [0, 0.1) is 0 Å². The van der Waals surface area contributed by atoms with Crippen LogP contribution in [-0.4, -0.2) is 26.5 Å². The number of unbranched alkanes of at least 4 members (excludes halogenated alkanes) is 2. The van der Waals surface area contributed by atoms with E-state index in [4.69, 9.17) is 9.16 Å². The van der Waals surface area contributed by atoms with Crippen molar-refractivity contribution in [2.45, 2.75) is 91.5 Å². The van der Waals surface area contributed by atoms with Crippen LogP contribution < -0.4 is 0 Å². The molecule has 0 aliphatic rings. The van der Waals surface area contributed by atoms with Crippen molar-refractivity contribution in [1.29, 1.82) is 0 Å². The standard InChI is InChI=1S/C20H38O3Si/c1-17(14-15-18(21)23-19(2,3)4)13-11-10-12-16-22-24(8,9)20(5,6)7/h13-15H,10-12,16H2,1-9H3/b15-14+,17-13+. The maximum absolute atomic E-state index is 11.6. The van der Waals surface area contributed by atoms with Crippen LogP contribution in [-0.2, 0) is 14.0 Å². The number of esters is 1. The Morgan fingerprint density at radius 1 is 1.00 bits per heavy atom. The second-order valence-electron chi connectivity index (χ2n) is 8.92. The van der Waals surface area contributed by atoms with Gasteiger partial charge in [0.15, 0.2) is 8.32 Å². The highest BCUT2D eigenvalue weighted by molar-refractivity contribution is 6.74. The summed E-state index contributed by atoms with van der Waals surface area (Å²) >= 11 is 0. The van der Waals surface area contributed by atoms with E-state index in [9.17, 15) is 4.79 Å². The van der Waals surface area contributed by atoms with E-state index in [2.05, 4.69) is 39.9 Å². The maximum Gasteiger partial charge on any atom is 0.331 e. The van der Waals surface area contributed by atoms with Crippen LogP contribution in [0.5, 0.6) is 0 Å². The van der Waals surface area contributed by atoms with Crippen LogP contribution in [0.4, 0.5) is 0 Å². The topological polar surface area (TPSA) is 35.5 Å². The van der Waals surface area contributed by atoms with E-state index >= 15 is 0 Å². The van der Waals surface area contributed by atoms with Gasteiger partial charge in [-0.25, -0.2) is 4.79 Å². The molecule has 0 heterocycles. The van der Waals surface area contributed by atoms with Gasteiger partial charge in [0.2, 0.25) is 0 Å². The predicted molar refractivity (Wildman–Crippen MR) is 106 cm³/mol. The minimum atomic E-state index is -1.61. The van der Waals surface area contributed by atoms with Crippen molar-refractivity contribution >= 4 is 14.3 Å². The zero-order valence-corrected chi connectivity index (χ0v) is 18.3. The van der Waals surface area contributed by atoms with Gasteiger partial charge in [-0.1, -0.05) is 38.5 Å². The fourth-order valence-corrected chi connectivity index (χ4v) is 2.81. The Kier molecular flexibility index (Phi) is 9.22. The molecule has 24 heavy (non-hydrogen) atoms. The predicted octanol–water partition coefficient (Wildman–Crippen LogP) is 6.02. The quantitative estimate of drug-likeness (QED) is 0.176. The molecule has 0 atom stereocenters. The molecule has 0 saturated heterocycles. The Balaban J connectivity index is 4.06. The van der Waals surface area contributed by atoms with Crippen molar-refractivity contribution in [2.24, 2.45) is 0 Å². The van der Waals surface area contributed by atoms with Crippen molar-refractivity contribution in [3.05, 3.63) is 23.8 Å². The first-order valence-electron chi connectivity index (χ1n) is 8.96. The molecule has 0 aromatic carbocycles. The molecule has 0 aromatic heterocycles. The van der Waals surface area contributed by atoms with Crippen LogP contribution in [0.3, 0.4) is 0 Å². The average molecular weight is 355 g/mol. The van der Waals surface area contributed by atoms with E-state index in [0.717, 1.165) is 31.4 Å². The summed E-state index contributed by atoms with van der Waals surface area (Å²) in [5.41, 5.74) is 0.648. The lowest BCUT2D eigenvalue weighted by molar-refractivity contribution is -0.148. The van der Waals surface area contributed by atoms with Gasteiger partial charge in [-0.3, -0.25) is 0 Å². The SMILES string of the molecule is CC(/C=C/C(=O)OC(C)(C)C)=C\CCCCO[Si](C)(C)C(C)(C)C. The van der Waals surface area contributed by atoms with E-state index in [1.807, 2.05) is 33.8 Å². The lowest BCUT2D eigenvalue weighted by Crippen LogP contribution is -2.40. The van der Waals surface area contributed by atoms with Gasteiger partial charge in [0.1, 0.15) is 5.60 Å². The molecule has 0 saturated carbocycles. The van der Waals surface area contributed by atoms with Gasteiger partial charge < -0.3 is 9.16 Å². The summed E-state index contributed by atoms with van der Waals surface area (Å²) in [6.07, 6.45) is 8.66. The smallest absolute Gasteiger partial charge is 0.331 e. The van der Waals surface area contributed by atoms with Crippen molar-refractivity contribution < 1.29 is 14.0 Å². The number of carbonyl (C=O) groups excluding carboxylic acids is 1. The van der Waals surface area contributed by atoms with Gasteiger partial charge in [0.25, 0.3) is 0 Å². The van der Waals surface area contributed by atoms with Crippen molar-refractivity contribution in [2.75, 3.05) is 6.61 Å². The average Bonchev–Trinajstić information content (AvgIpc) is 2.37. The van der Waals surface area contributed by atoms with Gasteiger partial charge in [-0.05, 0) is 65.1 Å². The Bertz CT molecular complexity index is 448. The first kappa shape index (κ1) is 23.1. The largest absolute Gasteiger partial charge is 0.457 e. The highest BCUT2D eigenvalue weighted by Gasteiger charge is 2.36. The van der Waals surface area contributed by atoms with Gasteiger partial charge >= 0.3 is 5.97 Å². The third-order valence-electron chi connectivity index (χ3n) is 4.22. The molecular weight excluding hydrogens is 316 g/mol. The van der Waals surface area contributed by atoms with E-state index < -0.39 is 13.9 Å². The highest BCUT2D eigenvalue weighted by atomic mass is 28.4. The van der Waals surface area contributed by atoms with Crippen LogP contribution >= 0.6 is 0 Å². The Labute approximate surface area is 150 Å². The molecule has 0 fully saturated rings. The Hall–Kier alpha value is -0.873. The molecule has 0 aliphatic carbocycles. The number of hydrogen-bond donors (Lipinski definition) is 0. The molecule has 0 unspecified atom stereocenters. The minimum absolute atomic E-state index is 0.274. The molecule has 140 valence electrons. The highest BCUT2D eigenvalue weighted by Crippen LogP contribution is 2.36. The maximum atomic E-state index is 11.6. The van der Waals surface area contributed by atoms with Crippen LogP contribution in [0.15, 0.2) is 23.8 Å². The molecule has 0 rings (SSSR count). The summed E-state index contributed by atoms with van der Waals surface area (Å²) in [6.45, 7) is 19.8. The number of ether oxygens (including phenoxy) is 1. The summed E-state index contributed by atoms with van der Waals surface area (Å²) in [7, 11) is -1.61. The molecule has 0 N–H and O–H groups in total. The van der Waals surface area contributed by atoms with Crippen molar-refractivity contribution in [3.63, 3.8) is 0 Å². The van der Waals surface area contributed by atoms with Crippen LogP contribution in [0.2, 0.25) is 18.1 Å². The molecule has 0 aliphatic heterocycles. The summed E-state index contributed by atoms with van der Waals surface area (Å²) in [5, 5.41) is 0.274. The van der Waals surface area contributed by atoms with E-state index in [1.54, 1.807) is 0 Å². The first-order chi connectivity index (χ1) is 10.7. The molecule has 0 radical (unpaired) electrons. The zero-order chi connectivity index (χ0) is 19.0. The monoisotopic (exact) mass is 354 g/mol. The second-order valence-corrected chi connectivity index (χ2v) is 13.7. The Morgan fingerprint density at radius 2 is 1.58 bits per heavy atom. The number of rotatable bonds is 8. The van der Waals surface area contributed by atoms with Gasteiger partial charge in [-0.2, -0.15) is 0 Å². The number of allylic oxidation sites excluding steroid dienone is 3. The molecule has 4 heteroatoms.